The molecule has 6 nitrogen and oxygen atoms in total. The monoisotopic (exact) mass is 359 g/mol. The van der Waals surface area contributed by atoms with Crippen molar-refractivity contribution in [3.8, 4) is 0 Å². The Kier molecular flexibility index (Phi) is 5.53. The maximum atomic E-state index is 5.52. The van der Waals surface area contributed by atoms with Crippen LogP contribution in [0.15, 0.2) is 22.6 Å². The molecule has 0 unspecified atom stereocenters. The van der Waals surface area contributed by atoms with Gasteiger partial charge in [0.25, 0.3) is 0 Å². The van der Waals surface area contributed by atoms with Crippen LogP contribution in [-0.4, -0.2) is 28.2 Å². The van der Waals surface area contributed by atoms with Crippen LogP contribution in [0.3, 0.4) is 0 Å². The number of piperidine rings is 1. The van der Waals surface area contributed by atoms with Gasteiger partial charge in [0.15, 0.2) is 5.11 Å². The number of thiocarbonyl (C=S) groups is 1. The first-order valence-electron chi connectivity index (χ1n) is 8.70. The van der Waals surface area contributed by atoms with Gasteiger partial charge in [-0.25, -0.2) is 4.98 Å². The Balaban J connectivity index is 1.60. The molecule has 2 aromatic heterocycles. The van der Waals surface area contributed by atoms with Gasteiger partial charge in [-0.15, -0.1) is 0 Å². The lowest BCUT2D eigenvalue weighted by molar-refractivity contribution is 0.436. The quantitative estimate of drug-likeness (QED) is 0.811. The number of rotatable bonds is 4. The molecule has 0 amide bonds. The molecule has 25 heavy (non-hydrogen) atoms. The number of hydrogen-bond donors (Lipinski definition) is 2. The Hall–Kier alpha value is -2.15. The number of nitrogens with one attached hydrogen (secondary N) is 2. The summed E-state index contributed by atoms with van der Waals surface area (Å²) in [7, 11) is 0. The molecule has 2 aromatic rings. The lowest BCUT2D eigenvalue weighted by Gasteiger charge is -2.31. The Labute approximate surface area is 154 Å². The second kappa shape index (κ2) is 7.82. The number of anilines is 2. The molecule has 7 heteroatoms. The fourth-order valence-electron chi connectivity index (χ4n) is 2.90. The topological polar surface area (TPSA) is 66.2 Å². The van der Waals surface area contributed by atoms with E-state index in [9.17, 15) is 0 Å². The minimum atomic E-state index is 0.484. The molecule has 1 aliphatic heterocycles. The predicted molar refractivity (Wildman–Crippen MR) is 104 cm³/mol. The molecular formula is C18H25N5OS. The van der Waals surface area contributed by atoms with Crippen molar-refractivity contribution in [2.75, 3.05) is 23.3 Å². The van der Waals surface area contributed by atoms with Crippen LogP contribution >= 0.6 is 12.2 Å². The summed E-state index contributed by atoms with van der Waals surface area (Å²) in [5, 5.41) is 6.68. The van der Waals surface area contributed by atoms with E-state index in [0.29, 0.717) is 17.6 Å². The lowest BCUT2D eigenvalue weighted by atomic mass is 9.99. The largest absolute Gasteiger partial charge is 0.465 e. The minimum Gasteiger partial charge on any atom is -0.465 e. The lowest BCUT2D eigenvalue weighted by Crippen LogP contribution is -2.34. The van der Waals surface area contributed by atoms with Crippen molar-refractivity contribution in [2.45, 2.75) is 40.2 Å². The molecule has 1 aliphatic rings. The van der Waals surface area contributed by atoms with E-state index < -0.39 is 0 Å². The molecule has 0 saturated carbocycles. The summed E-state index contributed by atoms with van der Waals surface area (Å²) in [6.07, 6.45) is 2.41. The summed E-state index contributed by atoms with van der Waals surface area (Å²) in [6.45, 7) is 8.81. The molecule has 0 radical (unpaired) electrons. The Bertz CT molecular complexity index is 737. The smallest absolute Gasteiger partial charge is 0.231 e. The number of furan rings is 1. The fraction of sp³-hybridized carbons (Fsp3) is 0.500. The predicted octanol–water partition coefficient (Wildman–Crippen LogP) is 3.41. The molecule has 0 spiro atoms. The molecule has 0 bridgehead atoms. The van der Waals surface area contributed by atoms with Crippen molar-refractivity contribution in [3.63, 3.8) is 0 Å². The molecule has 0 aromatic carbocycles. The third-order valence-electron chi connectivity index (χ3n) is 4.39. The minimum absolute atomic E-state index is 0.484. The van der Waals surface area contributed by atoms with Gasteiger partial charge in [0.2, 0.25) is 5.95 Å². The molecule has 3 heterocycles. The molecule has 1 saturated heterocycles. The highest BCUT2D eigenvalue weighted by molar-refractivity contribution is 7.80. The van der Waals surface area contributed by atoms with Gasteiger partial charge in [-0.05, 0) is 57.0 Å². The van der Waals surface area contributed by atoms with Crippen LogP contribution in [0.2, 0.25) is 0 Å². The van der Waals surface area contributed by atoms with E-state index in [4.69, 9.17) is 16.6 Å². The van der Waals surface area contributed by atoms with E-state index >= 15 is 0 Å². The third-order valence-corrected chi connectivity index (χ3v) is 4.64. The van der Waals surface area contributed by atoms with E-state index in [0.717, 1.165) is 42.0 Å². The first-order valence-corrected chi connectivity index (χ1v) is 9.11. The zero-order chi connectivity index (χ0) is 17.8. The highest BCUT2D eigenvalue weighted by Crippen LogP contribution is 2.22. The first kappa shape index (κ1) is 17.7. The SMILES string of the molecule is Cc1cc(N2CCC(C)CC2)nc(NC(=S)NCc2ccc(C)o2)n1. The van der Waals surface area contributed by atoms with Crippen LogP contribution < -0.4 is 15.5 Å². The molecule has 0 atom stereocenters. The average Bonchev–Trinajstić information content (AvgIpc) is 2.98. The van der Waals surface area contributed by atoms with Gasteiger partial charge in [0.1, 0.15) is 17.3 Å². The maximum Gasteiger partial charge on any atom is 0.231 e. The van der Waals surface area contributed by atoms with E-state index in [-0.39, 0.29) is 0 Å². The maximum absolute atomic E-state index is 5.52. The van der Waals surface area contributed by atoms with Crippen molar-refractivity contribution >= 4 is 29.1 Å². The molecular weight excluding hydrogens is 334 g/mol. The van der Waals surface area contributed by atoms with Crippen LogP contribution in [0.4, 0.5) is 11.8 Å². The third kappa shape index (κ3) is 4.92. The van der Waals surface area contributed by atoms with E-state index in [1.165, 1.54) is 12.8 Å². The van der Waals surface area contributed by atoms with Gasteiger partial charge in [-0.2, -0.15) is 4.98 Å². The zero-order valence-corrected chi connectivity index (χ0v) is 15.8. The fourth-order valence-corrected chi connectivity index (χ4v) is 3.06. The Morgan fingerprint density at radius 3 is 2.72 bits per heavy atom. The Morgan fingerprint density at radius 1 is 1.28 bits per heavy atom. The van der Waals surface area contributed by atoms with Crippen LogP contribution in [0, 0.1) is 19.8 Å². The molecule has 0 aliphatic carbocycles. The molecule has 1 fully saturated rings. The average molecular weight is 359 g/mol. The van der Waals surface area contributed by atoms with E-state index in [2.05, 4.69) is 32.4 Å². The van der Waals surface area contributed by atoms with Gasteiger partial charge in [-0.1, -0.05) is 6.92 Å². The van der Waals surface area contributed by atoms with E-state index in [1.807, 2.05) is 32.0 Å². The molecule has 134 valence electrons. The summed E-state index contributed by atoms with van der Waals surface area (Å²) in [5.41, 5.74) is 0.926. The van der Waals surface area contributed by atoms with Crippen molar-refractivity contribution in [2.24, 2.45) is 5.92 Å². The van der Waals surface area contributed by atoms with Gasteiger partial charge < -0.3 is 20.0 Å². The number of aromatic nitrogens is 2. The second-order valence-electron chi connectivity index (χ2n) is 6.68. The highest BCUT2D eigenvalue weighted by atomic mass is 32.1. The molecule has 2 N–H and O–H groups in total. The normalized spacial score (nSPS) is 15.2. The summed E-state index contributed by atoms with van der Waals surface area (Å²) in [5.74, 6) is 4.01. The van der Waals surface area contributed by atoms with Crippen LogP contribution in [-0.2, 0) is 6.54 Å². The summed E-state index contributed by atoms with van der Waals surface area (Å²) < 4.78 is 5.52. The van der Waals surface area contributed by atoms with E-state index in [1.54, 1.807) is 0 Å². The van der Waals surface area contributed by atoms with Crippen LogP contribution in [0.25, 0.3) is 0 Å². The standard InChI is InChI=1S/C18H25N5OS/c1-12-6-8-23(9-7-12)16-10-13(2)20-17(21-16)22-18(25)19-11-15-5-4-14(3)24-15/h4-5,10,12H,6-9,11H2,1-3H3,(H2,19,20,21,22,25). The summed E-state index contributed by atoms with van der Waals surface area (Å²) >= 11 is 5.34. The number of nitrogens with zero attached hydrogens (tertiary/aromatic N) is 3. The van der Waals surface area contributed by atoms with Gasteiger partial charge in [0, 0.05) is 24.8 Å². The van der Waals surface area contributed by atoms with Gasteiger partial charge in [-0.3, -0.25) is 0 Å². The first-order chi connectivity index (χ1) is 12.0. The van der Waals surface area contributed by atoms with Gasteiger partial charge in [0.05, 0.1) is 6.54 Å². The van der Waals surface area contributed by atoms with Crippen molar-refractivity contribution < 1.29 is 4.42 Å². The van der Waals surface area contributed by atoms with Crippen molar-refractivity contribution in [1.82, 2.24) is 15.3 Å². The van der Waals surface area contributed by atoms with Crippen LogP contribution in [0.1, 0.15) is 37.0 Å². The second-order valence-corrected chi connectivity index (χ2v) is 7.09. The number of aryl methyl sites for hydroxylation is 2. The summed E-state index contributed by atoms with van der Waals surface area (Å²) in [4.78, 5) is 11.4. The van der Waals surface area contributed by atoms with Gasteiger partial charge >= 0.3 is 0 Å². The van der Waals surface area contributed by atoms with Crippen molar-refractivity contribution in [1.29, 1.82) is 0 Å². The summed E-state index contributed by atoms with van der Waals surface area (Å²) in [6, 6.07) is 5.90. The zero-order valence-electron chi connectivity index (χ0n) is 15.0. The Morgan fingerprint density at radius 2 is 2.04 bits per heavy atom. The van der Waals surface area contributed by atoms with Crippen molar-refractivity contribution in [3.05, 3.63) is 35.4 Å². The number of hydrogen-bond acceptors (Lipinski definition) is 5. The van der Waals surface area contributed by atoms with Crippen LogP contribution in [0.5, 0.6) is 0 Å². The highest BCUT2D eigenvalue weighted by Gasteiger charge is 2.18. The molecule has 3 rings (SSSR count).